The van der Waals surface area contributed by atoms with E-state index in [1.54, 1.807) is 33.3 Å². The van der Waals surface area contributed by atoms with E-state index in [-0.39, 0.29) is 27.1 Å². The van der Waals surface area contributed by atoms with E-state index in [1.807, 2.05) is 48.1 Å². The number of hydrogen-bond donors (Lipinski definition) is 3. The summed E-state index contributed by atoms with van der Waals surface area (Å²) in [7, 11) is -11.7. The molecule has 17 heteroatoms. The fourth-order valence-electron chi connectivity index (χ4n) is 2.90. The van der Waals surface area contributed by atoms with Crippen molar-refractivity contribution >= 4 is 51.6 Å². The topological polar surface area (TPSA) is 135 Å². The lowest BCUT2D eigenvalue weighted by atomic mass is 10.5. The van der Waals surface area contributed by atoms with Crippen molar-refractivity contribution in [3.63, 3.8) is 0 Å². The van der Waals surface area contributed by atoms with Gasteiger partial charge in [-0.15, -0.1) is 0 Å². The Morgan fingerprint density at radius 2 is 0.804 bits per heavy atom. The van der Waals surface area contributed by atoms with Crippen LogP contribution in [0.4, 0.5) is 0 Å². The number of aliphatic hydroxyl groups is 1. The maximum atomic E-state index is 9.14. The van der Waals surface area contributed by atoms with E-state index in [9.17, 15) is 0 Å². The van der Waals surface area contributed by atoms with E-state index in [0.717, 1.165) is 7.11 Å². The molecule has 0 bridgehead atoms. The highest BCUT2D eigenvalue weighted by molar-refractivity contribution is 6.85. The molecule has 0 amide bonds. The molecule has 0 radical (unpaired) electrons. The van der Waals surface area contributed by atoms with Crippen molar-refractivity contribution in [1.82, 2.24) is 0 Å². The third-order valence-corrected chi connectivity index (χ3v) is 25.7. The molecule has 0 fully saturated rings. The van der Waals surface area contributed by atoms with Gasteiger partial charge in [0.2, 0.25) is 0 Å². The van der Waals surface area contributed by atoms with Gasteiger partial charge in [-0.25, -0.2) is 0 Å². The lowest BCUT2D eigenvalue weighted by Gasteiger charge is -2.43. The van der Waals surface area contributed by atoms with Crippen LogP contribution in [0.5, 0.6) is 0 Å². The summed E-state index contributed by atoms with van der Waals surface area (Å²) in [5.41, 5.74) is 0.932. The first kappa shape index (κ1) is 59.0. The lowest BCUT2D eigenvalue weighted by Crippen LogP contribution is -2.63. The smallest absolute Gasteiger partial charge is 0.415 e. The number of hydrogen-bond acceptors (Lipinski definition) is 11. The molecule has 0 aromatic carbocycles. The standard InChI is InChI=1S/C16H40O4Si3.C6H16O3Si.C4H14O3Si2.CH4O.CH4.CH3/c1-13(2)17-23(18-14(3)4,19-21(9,10)15(5)6)20-22(11,12)16(7)8;1-5-8-10(4,7-3)9-6-2;1-8(2,5)7-9(3,4)6;1-2;;/h13-16H,1-12H3;5-6H2,1-4H3;5-6H,1-4H3;2H,1H3;1H4;1H3/q;;;;;-1. The molecule has 0 aromatic heterocycles. The molecule has 0 unspecified atom stereocenters. The molecule has 46 heavy (non-hydrogen) atoms. The van der Waals surface area contributed by atoms with E-state index >= 15 is 0 Å². The Labute approximate surface area is 293 Å². The second-order valence-electron chi connectivity index (χ2n) is 13.5. The highest BCUT2D eigenvalue weighted by atomic mass is 28.5. The minimum atomic E-state index is -3.19. The van der Waals surface area contributed by atoms with E-state index in [0.29, 0.717) is 24.3 Å². The molecule has 0 saturated carbocycles. The fraction of sp³-hybridized carbons (Fsp3) is 0.966. The molecule has 0 atom stereocenters. The highest BCUT2D eigenvalue weighted by Crippen LogP contribution is 2.33. The predicted octanol–water partition coefficient (Wildman–Crippen LogP) is 7.90. The summed E-state index contributed by atoms with van der Waals surface area (Å²) in [6.07, 6.45) is 0.0173. The van der Waals surface area contributed by atoms with Gasteiger partial charge in [0.1, 0.15) is 0 Å². The molecule has 0 aliphatic heterocycles. The Balaban J connectivity index is -0.000000145. The van der Waals surface area contributed by atoms with Gasteiger partial charge in [-0.1, -0.05) is 35.1 Å². The van der Waals surface area contributed by atoms with Gasteiger partial charge < -0.3 is 56.6 Å². The van der Waals surface area contributed by atoms with E-state index < -0.39 is 51.6 Å². The molecular formula is C29H81O11Si6-. The predicted molar refractivity (Wildman–Crippen MR) is 209 cm³/mol. The summed E-state index contributed by atoms with van der Waals surface area (Å²) < 4.78 is 46.6. The monoisotopic (exact) mass is 773 g/mol. The van der Waals surface area contributed by atoms with Crippen LogP contribution in [-0.2, 0) is 34.5 Å². The molecule has 0 heterocycles. The van der Waals surface area contributed by atoms with E-state index in [2.05, 4.69) is 53.9 Å². The first-order valence-corrected chi connectivity index (χ1v) is 31.2. The van der Waals surface area contributed by atoms with Gasteiger partial charge >= 0.3 is 35.0 Å². The second kappa shape index (κ2) is 26.6. The van der Waals surface area contributed by atoms with Gasteiger partial charge in [-0.2, -0.15) is 0 Å². The van der Waals surface area contributed by atoms with Gasteiger partial charge in [-0.05, 0) is 105 Å². The number of aliphatic hydroxyl groups excluding tert-OH is 1. The molecule has 0 spiro atoms. The SMILES string of the molecule is C.CC(C)O[Si](OC(C)C)(O[Si](C)(C)C(C)C)O[Si](C)(C)C(C)C.CCO[Si](C)(OC)OCC.CO.C[Si](C)(O)O[Si](C)(C)O.[CH3-]. The van der Waals surface area contributed by atoms with Crippen molar-refractivity contribution in [3.05, 3.63) is 7.43 Å². The van der Waals surface area contributed by atoms with Crippen LogP contribution in [0.2, 0.25) is 70.0 Å². The van der Waals surface area contributed by atoms with Crippen LogP contribution in [0.25, 0.3) is 0 Å². The van der Waals surface area contributed by atoms with E-state index in [1.165, 1.54) is 0 Å². The van der Waals surface area contributed by atoms with Gasteiger partial charge in [0.15, 0.2) is 16.6 Å². The quantitative estimate of drug-likeness (QED) is 0.0984. The molecule has 0 aliphatic rings. The summed E-state index contributed by atoms with van der Waals surface area (Å²) in [6, 6.07) is 0. The number of rotatable bonds is 17. The summed E-state index contributed by atoms with van der Waals surface area (Å²) in [5, 5.41) is 7.00. The summed E-state index contributed by atoms with van der Waals surface area (Å²) >= 11 is 0. The van der Waals surface area contributed by atoms with E-state index in [4.69, 9.17) is 49.2 Å². The molecular weight excluding hydrogens is 693 g/mol. The highest BCUT2D eigenvalue weighted by Gasteiger charge is 2.55. The van der Waals surface area contributed by atoms with Crippen molar-refractivity contribution in [2.24, 2.45) is 0 Å². The second-order valence-corrected chi connectivity index (χ2v) is 34.6. The first-order chi connectivity index (χ1) is 19.5. The Hall–Kier alpha value is 0.861. The zero-order chi connectivity index (χ0) is 36.4. The van der Waals surface area contributed by atoms with Crippen LogP contribution in [0.15, 0.2) is 0 Å². The minimum Gasteiger partial charge on any atom is -0.415 e. The third-order valence-electron chi connectivity index (χ3n) is 6.00. The van der Waals surface area contributed by atoms with Crippen molar-refractivity contribution in [2.75, 3.05) is 27.4 Å². The molecule has 288 valence electrons. The Kier molecular flexibility index (Phi) is 34.2. The Bertz CT molecular complexity index is 648. The zero-order valence-electron chi connectivity index (χ0n) is 33.3. The zero-order valence-corrected chi connectivity index (χ0v) is 39.3. The van der Waals surface area contributed by atoms with Gasteiger partial charge in [-0.3, -0.25) is 0 Å². The Morgan fingerprint density at radius 1 is 0.543 bits per heavy atom. The molecule has 0 saturated heterocycles. The van der Waals surface area contributed by atoms with Gasteiger partial charge in [0.25, 0.3) is 0 Å². The normalized spacial score (nSPS) is 12.8. The first-order valence-electron chi connectivity index (χ1n) is 15.7. The molecule has 0 aromatic rings. The summed E-state index contributed by atoms with van der Waals surface area (Å²) in [5.74, 6) is 0. The maximum absolute atomic E-state index is 9.14. The Morgan fingerprint density at radius 3 is 0.935 bits per heavy atom. The van der Waals surface area contributed by atoms with Crippen LogP contribution in [0, 0.1) is 7.43 Å². The fourth-order valence-corrected chi connectivity index (χ4v) is 18.7. The summed E-state index contributed by atoms with van der Waals surface area (Å²) in [4.78, 5) is 18.3. The van der Waals surface area contributed by atoms with Crippen molar-refractivity contribution < 1.29 is 49.2 Å². The minimum absolute atomic E-state index is 0. The van der Waals surface area contributed by atoms with Gasteiger partial charge in [0.05, 0.1) is 0 Å². The molecule has 0 rings (SSSR count). The van der Waals surface area contributed by atoms with Crippen molar-refractivity contribution in [2.45, 2.75) is 159 Å². The van der Waals surface area contributed by atoms with Crippen molar-refractivity contribution in [1.29, 1.82) is 0 Å². The molecule has 3 N–H and O–H groups in total. The van der Waals surface area contributed by atoms with Crippen LogP contribution < -0.4 is 0 Å². The van der Waals surface area contributed by atoms with Crippen LogP contribution in [0.1, 0.15) is 76.7 Å². The summed E-state index contributed by atoms with van der Waals surface area (Å²) in [6.45, 7) is 39.4. The van der Waals surface area contributed by atoms with Gasteiger partial charge in [0, 0.05) is 46.2 Å². The van der Waals surface area contributed by atoms with Crippen LogP contribution in [0.3, 0.4) is 0 Å². The maximum Gasteiger partial charge on any atom is 0.658 e. The van der Waals surface area contributed by atoms with Crippen LogP contribution >= 0.6 is 0 Å². The third kappa shape index (κ3) is 32.1. The van der Waals surface area contributed by atoms with Crippen molar-refractivity contribution in [3.8, 4) is 0 Å². The lowest BCUT2D eigenvalue weighted by molar-refractivity contribution is -0.00517. The van der Waals surface area contributed by atoms with Crippen LogP contribution in [-0.4, -0.2) is 106 Å². The largest absolute Gasteiger partial charge is 0.658 e. The average Bonchev–Trinajstić information content (AvgIpc) is 2.77. The molecule has 11 nitrogen and oxygen atoms in total. The average molecular weight is 774 g/mol. The molecule has 0 aliphatic carbocycles.